The Labute approximate surface area is 109 Å². The number of benzene rings is 1. The van der Waals surface area contributed by atoms with Crippen LogP contribution >= 0.6 is 0 Å². The van der Waals surface area contributed by atoms with Gasteiger partial charge in [0.15, 0.2) is 0 Å². The Morgan fingerprint density at radius 1 is 1.44 bits per heavy atom. The first kappa shape index (κ1) is 13.0. The van der Waals surface area contributed by atoms with Gasteiger partial charge in [-0.15, -0.1) is 6.58 Å². The number of nitrogen functional groups attached to an aromatic ring is 1. The lowest BCUT2D eigenvalue weighted by Crippen LogP contribution is -2.26. The minimum atomic E-state index is 0.230. The Balaban J connectivity index is 1.96. The monoisotopic (exact) mass is 247 g/mol. The van der Waals surface area contributed by atoms with Gasteiger partial charge >= 0.3 is 0 Å². The first-order valence-electron chi connectivity index (χ1n) is 6.53. The zero-order valence-electron chi connectivity index (χ0n) is 10.7. The van der Waals surface area contributed by atoms with E-state index >= 15 is 0 Å². The molecule has 0 amide bonds. The fraction of sp³-hybridized carbons (Fsp3) is 0.467. The maximum Gasteiger partial charge on any atom is 0.123 e. The molecule has 3 nitrogen and oxygen atoms in total. The molecule has 1 aromatic carbocycles. The van der Waals surface area contributed by atoms with E-state index in [4.69, 9.17) is 15.2 Å². The summed E-state index contributed by atoms with van der Waals surface area (Å²) in [6.45, 7) is 5.23. The van der Waals surface area contributed by atoms with Gasteiger partial charge in [-0.05, 0) is 49.4 Å². The van der Waals surface area contributed by atoms with Crippen molar-refractivity contribution in [1.29, 1.82) is 0 Å². The fourth-order valence-electron chi connectivity index (χ4n) is 2.18. The highest BCUT2D eigenvalue weighted by Crippen LogP contribution is 2.23. The minimum absolute atomic E-state index is 0.230. The fourth-order valence-corrected chi connectivity index (χ4v) is 2.18. The van der Waals surface area contributed by atoms with E-state index in [9.17, 15) is 0 Å². The number of hydrogen-bond acceptors (Lipinski definition) is 3. The topological polar surface area (TPSA) is 44.5 Å². The summed E-state index contributed by atoms with van der Waals surface area (Å²) >= 11 is 0. The van der Waals surface area contributed by atoms with E-state index in [2.05, 4.69) is 6.58 Å². The lowest BCUT2D eigenvalue weighted by molar-refractivity contribution is -0.0112. The van der Waals surface area contributed by atoms with Gasteiger partial charge in [-0.25, -0.2) is 0 Å². The number of rotatable bonds is 5. The maximum absolute atomic E-state index is 5.86. The molecule has 18 heavy (non-hydrogen) atoms. The molecule has 1 heterocycles. The third-order valence-corrected chi connectivity index (χ3v) is 3.15. The second kappa shape index (κ2) is 6.45. The Bertz CT molecular complexity index is 397. The van der Waals surface area contributed by atoms with Crippen LogP contribution in [0.4, 0.5) is 5.69 Å². The van der Waals surface area contributed by atoms with Crippen molar-refractivity contribution in [1.82, 2.24) is 0 Å². The molecular weight excluding hydrogens is 226 g/mol. The molecule has 1 saturated heterocycles. The largest absolute Gasteiger partial charge is 0.491 e. The van der Waals surface area contributed by atoms with Gasteiger partial charge in [0.1, 0.15) is 12.4 Å². The number of hydrogen-bond donors (Lipinski definition) is 1. The molecule has 1 aliphatic heterocycles. The summed E-state index contributed by atoms with van der Waals surface area (Å²) in [5, 5.41) is 0. The zero-order valence-corrected chi connectivity index (χ0v) is 10.7. The SMILES string of the molecule is C=CCc1cc(N)ccc1OCC1CCCCO1. The molecule has 3 heteroatoms. The molecule has 0 saturated carbocycles. The number of nitrogens with two attached hydrogens (primary N) is 1. The molecule has 2 N–H and O–H groups in total. The van der Waals surface area contributed by atoms with Gasteiger partial charge in [-0.3, -0.25) is 0 Å². The average Bonchev–Trinajstić information content (AvgIpc) is 2.39. The average molecular weight is 247 g/mol. The van der Waals surface area contributed by atoms with Gasteiger partial charge in [0.2, 0.25) is 0 Å². The van der Waals surface area contributed by atoms with Crippen LogP contribution in [0.25, 0.3) is 0 Å². The lowest BCUT2D eigenvalue weighted by Gasteiger charge is -2.23. The smallest absolute Gasteiger partial charge is 0.123 e. The predicted molar refractivity (Wildman–Crippen MR) is 73.8 cm³/mol. The number of allylic oxidation sites excluding steroid dienone is 1. The Morgan fingerprint density at radius 3 is 3.06 bits per heavy atom. The minimum Gasteiger partial charge on any atom is -0.491 e. The normalized spacial score (nSPS) is 19.4. The summed E-state index contributed by atoms with van der Waals surface area (Å²) in [6, 6.07) is 5.74. The van der Waals surface area contributed by atoms with Crippen LogP contribution in [0.15, 0.2) is 30.9 Å². The van der Waals surface area contributed by atoms with Crippen molar-refractivity contribution in [2.24, 2.45) is 0 Å². The Hall–Kier alpha value is -1.48. The Morgan fingerprint density at radius 2 is 2.33 bits per heavy atom. The van der Waals surface area contributed by atoms with Crippen LogP contribution in [0.1, 0.15) is 24.8 Å². The van der Waals surface area contributed by atoms with E-state index in [0.717, 1.165) is 36.4 Å². The molecule has 1 fully saturated rings. The molecular formula is C15H21NO2. The molecule has 0 spiro atoms. The van der Waals surface area contributed by atoms with Crippen LogP contribution in [0.3, 0.4) is 0 Å². The summed E-state index contributed by atoms with van der Waals surface area (Å²) in [4.78, 5) is 0. The van der Waals surface area contributed by atoms with Crippen LogP contribution in [0.5, 0.6) is 5.75 Å². The standard InChI is InChI=1S/C15H21NO2/c1-2-5-12-10-13(16)7-8-15(12)18-11-14-6-3-4-9-17-14/h2,7-8,10,14H,1,3-6,9,11,16H2. The summed E-state index contributed by atoms with van der Waals surface area (Å²) in [5.41, 5.74) is 7.62. The summed E-state index contributed by atoms with van der Waals surface area (Å²) in [5.74, 6) is 0.887. The summed E-state index contributed by atoms with van der Waals surface area (Å²) < 4.78 is 11.5. The van der Waals surface area contributed by atoms with Crippen LogP contribution < -0.4 is 10.5 Å². The van der Waals surface area contributed by atoms with E-state index in [-0.39, 0.29) is 6.10 Å². The molecule has 0 radical (unpaired) electrons. The highest BCUT2D eigenvalue weighted by molar-refractivity contribution is 5.48. The third kappa shape index (κ3) is 3.50. The van der Waals surface area contributed by atoms with Gasteiger partial charge in [0, 0.05) is 12.3 Å². The van der Waals surface area contributed by atoms with Crippen molar-refractivity contribution in [3.63, 3.8) is 0 Å². The number of ether oxygens (including phenoxy) is 2. The van der Waals surface area contributed by atoms with Crippen molar-refractivity contribution in [2.75, 3.05) is 18.9 Å². The van der Waals surface area contributed by atoms with Crippen LogP contribution in [-0.4, -0.2) is 19.3 Å². The van der Waals surface area contributed by atoms with Gasteiger partial charge in [0.05, 0.1) is 6.10 Å². The van der Waals surface area contributed by atoms with Gasteiger partial charge in [-0.2, -0.15) is 0 Å². The summed E-state index contributed by atoms with van der Waals surface area (Å²) in [7, 11) is 0. The molecule has 98 valence electrons. The molecule has 1 aliphatic rings. The highest BCUT2D eigenvalue weighted by Gasteiger charge is 2.15. The second-order valence-corrected chi connectivity index (χ2v) is 4.66. The quantitative estimate of drug-likeness (QED) is 0.642. The molecule has 0 aliphatic carbocycles. The molecule has 1 unspecified atom stereocenters. The van der Waals surface area contributed by atoms with Crippen molar-refractivity contribution in [3.8, 4) is 5.75 Å². The van der Waals surface area contributed by atoms with Crippen LogP contribution in [0.2, 0.25) is 0 Å². The van der Waals surface area contributed by atoms with Gasteiger partial charge < -0.3 is 15.2 Å². The van der Waals surface area contributed by atoms with Gasteiger partial charge in [-0.1, -0.05) is 6.08 Å². The van der Waals surface area contributed by atoms with E-state index < -0.39 is 0 Å². The zero-order chi connectivity index (χ0) is 12.8. The van der Waals surface area contributed by atoms with Crippen molar-refractivity contribution >= 4 is 5.69 Å². The van der Waals surface area contributed by atoms with E-state index in [1.165, 1.54) is 12.8 Å². The van der Waals surface area contributed by atoms with E-state index in [0.29, 0.717) is 6.61 Å². The summed E-state index contributed by atoms with van der Waals surface area (Å²) in [6.07, 6.45) is 6.35. The number of anilines is 1. The van der Waals surface area contributed by atoms with Crippen LogP contribution in [0, 0.1) is 0 Å². The molecule has 0 bridgehead atoms. The molecule has 0 aromatic heterocycles. The molecule has 1 atom stereocenters. The van der Waals surface area contributed by atoms with Crippen molar-refractivity contribution in [2.45, 2.75) is 31.8 Å². The maximum atomic E-state index is 5.86. The predicted octanol–water partition coefficient (Wildman–Crippen LogP) is 2.95. The van der Waals surface area contributed by atoms with Crippen LogP contribution in [-0.2, 0) is 11.2 Å². The lowest BCUT2D eigenvalue weighted by atomic mass is 10.1. The van der Waals surface area contributed by atoms with E-state index in [1.807, 2.05) is 24.3 Å². The molecule has 1 aromatic rings. The van der Waals surface area contributed by atoms with E-state index in [1.54, 1.807) is 0 Å². The van der Waals surface area contributed by atoms with Crippen molar-refractivity contribution in [3.05, 3.63) is 36.4 Å². The first-order chi connectivity index (χ1) is 8.79. The highest BCUT2D eigenvalue weighted by atomic mass is 16.5. The molecule has 2 rings (SSSR count). The second-order valence-electron chi connectivity index (χ2n) is 4.66. The van der Waals surface area contributed by atoms with Gasteiger partial charge in [0.25, 0.3) is 0 Å². The third-order valence-electron chi connectivity index (χ3n) is 3.15. The van der Waals surface area contributed by atoms with Crippen molar-refractivity contribution < 1.29 is 9.47 Å². The Kier molecular flexibility index (Phi) is 4.65. The first-order valence-corrected chi connectivity index (χ1v) is 6.53.